The number of hydrogen-bond acceptors (Lipinski definition) is 2. The summed E-state index contributed by atoms with van der Waals surface area (Å²) in [4.78, 5) is 4.14. The van der Waals surface area contributed by atoms with Crippen molar-refractivity contribution in [1.29, 1.82) is 0 Å². The molecule has 98 valence electrons. The molecule has 0 saturated heterocycles. The predicted molar refractivity (Wildman–Crippen MR) is 71.9 cm³/mol. The van der Waals surface area contributed by atoms with Gasteiger partial charge in [-0.15, -0.1) is 0 Å². The summed E-state index contributed by atoms with van der Waals surface area (Å²) in [5, 5.41) is 0. The highest BCUT2D eigenvalue weighted by Gasteiger charge is 2.09. The number of halogens is 2. The molecule has 0 aliphatic carbocycles. The maximum absolute atomic E-state index is 13.7. The monoisotopic (exact) mass is 269 g/mol. The first kappa shape index (κ1) is 12.2. The van der Waals surface area contributed by atoms with Gasteiger partial charge in [0.05, 0.1) is 17.4 Å². The van der Waals surface area contributed by atoms with Gasteiger partial charge < -0.3 is 5.73 Å². The number of fused-ring (bicyclic) bond motifs is 1. The zero-order valence-electron chi connectivity index (χ0n) is 10.3. The molecule has 0 fully saturated rings. The number of imidazole rings is 1. The van der Waals surface area contributed by atoms with E-state index in [1.165, 1.54) is 6.07 Å². The fourth-order valence-corrected chi connectivity index (χ4v) is 1.83. The molecule has 0 saturated carbocycles. The van der Waals surface area contributed by atoms with Crippen molar-refractivity contribution in [3.63, 3.8) is 0 Å². The molecule has 0 amide bonds. The Morgan fingerprint density at radius 1 is 1.10 bits per heavy atom. The number of nitrogens with two attached hydrogens (primary N) is 1. The van der Waals surface area contributed by atoms with E-state index in [1.807, 2.05) is 18.2 Å². The van der Waals surface area contributed by atoms with Crippen LogP contribution in [-0.2, 0) is 0 Å². The van der Waals surface area contributed by atoms with Crippen LogP contribution in [0.5, 0.6) is 0 Å². The summed E-state index contributed by atoms with van der Waals surface area (Å²) in [7, 11) is 0. The Labute approximate surface area is 113 Å². The highest BCUT2D eigenvalue weighted by atomic mass is 19.1. The van der Waals surface area contributed by atoms with E-state index in [9.17, 15) is 8.78 Å². The maximum Gasteiger partial charge on any atom is 0.164 e. The summed E-state index contributed by atoms with van der Waals surface area (Å²) < 4.78 is 29.0. The number of nitrogen functional groups attached to an aromatic ring is 1. The normalized spacial score (nSPS) is 10.3. The van der Waals surface area contributed by atoms with Crippen molar-refractivity contribution in [2.75, 3.05) is 5.73 Å². The lowest BCUT2D eigenvalue weighted by Crippen LogP contribution is -1.97. The van der Waals surface area contributed by atoms with Gasteiger partial charge in [0.25, 0.3) is 0 Å². The van der Waals surface area contributed by atoms with Crippen LogP contribution in [0.2, 0.25) is 0 Å². The minimum atomic E-state index is -0.841. The molecule has 2 aromatic heterocycles. The molecule has 0 unspecified atom stereocenters. The second-order valence-electron chi connectivity index (χ2n) is 4.15. The van der Waals surface area contributed by atoms with Crippen LogP contribution >= 0.6 is 0 Å². The first-order valence-electron chi connectivity index (χ1n) is 5.84. The molecule has 0 aliphatic heterocycles. The van der Waals surface area contributed by atoms with Crippen molar-refractivity contribution < 1.29 is 8.78 Å². The van der Waals surface area contributed by atoms with E-state index < -0.39 is 11.6 Å². The highest BCUT2D eigenvalue weighted by molar-refractivity contribution is 5.52. The van der Waals surface area contributed by atoms with Crippen LogP contribution in [-0.4, -0.2) is 9.38 Å². The molecule has 0 radical (unpaired) electrons. The van der Waals surface area contributed by atoms with Crippen molar-refractivity contribution in [3.05, 3.63) is 65.6 Å². The summed E-state index contributed by atoms with van der Waals surface area (Å²) in [5.41, 5.74) is 6.19. The average molecular weight is 269 g/mol. The first-order valence-corrected chi connectivity index (χ1v) is 5.84. The third-order valence-electron chi connectivity index (χ3n) is 2.85. The SMILES string of the molecule is Nc1ccc(F)c(C#Cc2cnc3ccccn23)c1F. The van der Waals surface area contributed by atoms with Gasteiger partial charge in [-0.3, -0.25) is 4.40 Å². The van der Waals surface area contributed by atoms with E-state index in [-0.39, 0.29) is 11.3 Å². The number of benzene rings is 1. The number of hydrogen-bond donors (Lipinski definition) is 1. The topological polar surface area (TPSA) is 43.3 Å². The third kappa shape index (κ3) is 1.97. The summed E-state index contributed by atoms with van der Waals surface area (Å²) >= 11 is 0. The Kier molecular flexibility index (Phi) is 2.84. The summed E-state index contributed by atoms with van der Waals surface area (Å²) in [6.45, 7) is 0. The van der Waals surface area contributed by atoms with E-state index in [4.69, 9.17) is 5.73 Å². The first-order chi connectivity index (χ1) is 9.66. The van der Waals surface area contributed by atoms with E-state index in [1.54, 1.807) is 16.8 Å². The van der Waals surface area contributed by atoms with Crippen molar-refractivity contribution >= 4 is 11.3 Å². The molecular weight excluding hydrogens is 260 g/mol. The van der Waals surface area contributed by atoms with Crippen LogP contribution < -0.4 is 5.73 Å². The second-order valence-corrected chi connectivity index (χ2v) is 4.15. The van der Waals surface area contributed by atoms with Crippen molar-refractivity contribution in [3.8, 4) is 11.8 Å². The number of pyridine rings is 1. The quantitative estimate of drug-likeness (QED) is 0.503. The van der Waals surface area contributed by atoms with Gasteiger partial charge in [0.15, 0.2) is 5.82 Å². The summed E-state index contributed by atoms with van der Waals surface area (Å²) in [6, 6.07) is 7.74. The highest BCUT2D eigenvalue weighted by Crippen LogP contribution is 2.17. The zero-order chi connectivity index (χ0) is 14.1. The van der Waals surface area contributed by atoms with Crippen LogP contribution in [0, 0.1) is 23.5 Å². The van der Waals surface area contributed by atoms with E-state index in [2.05, 4.69) is 16.8 Å². The molecule has 2 N–H and O–H groups in total. The predicted octanol–water partition coefficient (Wildman–Crippen LogP) is 2.59. The maximum atomic E-state index is 13.7. The average Bonchev–Trinajstić information content (AvgIpc) is 2.87. The fourth-order valence-electron chi connectivity index (χ4n) is 1.83. The summed E-state index contributed by atoms with van der Waals surface area (Å²) in [6.07, 6.45) is 3.32. The standard InChI is InChI=1S/C15H9F2N3/c16-12-6-7-13(18)15(17)11(12)5-4-10-9-19-14-3-1-2-8-20(10)14/h1-3,6-9H,18H2. The lowest BCUT2D eigenvalue weighted by molar-refractivity contribution is 0.580. The molecule has 0 bridgehead atoms. The minimum absolute atomic E-state index is 0.131. The van der Waals surface area contributed by atoms with Gasteiger partial charge >= 0.3 is 0 Å². The molecule has 3 nitrogen and oxygen atoms in total. The van der Waals surface area contributed by atoms with E-state index in [0.29, 0.717) is 11.3 Å². The largest absolute Gasteiger partial charge is 0.396 e. The molecule has 5 heteroatoms. The minimum Gasteiger partial charge on any atom is -0.396 e. The molecular formula is C15H9F2N3. The van der Waals surface area contributed by atoms with Crippen molar-refractivity contribution in [2.45, 2.75) is 0 Å². The van der Waals surface area contributed by atoms with Gasteiger partial charge in [0.1, 0.15) is 17.2 Å². The van der Waals surface area contributed by atoms with Gasteiger partial charge in [0, 0.05) is 6.20 Å². The third-order valence-corrected chi connectivity index (χ3v) is 2.85. The number of nitrogens with zero attached hydrogens (tertiary/aromatic N) is 2. The van der Waals surface area contributed by atoms with Crippen LogP contribution in [0.1, 0.15) is 11.3 Å². The number of anilines is 1. The van der Waals surface area contributed by atoms with Gasteiger partial charge in [-0.1, -0.05) is 12.0 Å². The molecule has 0 spiro atoms. The molecule has 2 heterocycles. The summed E-state index contributed by atoms with van der Waals surface area (Å²) in [5.74, 6) is 3.60. The van der Waals surface area contributed by atoms with Crippen molar-refractivity contribution in [1.82, 2.24) is 9.38 Å². The Bertz CT molecular complexity index is 856. The molecule has 20 heavy (non-hydrogen) atoms. The Morgan fingerprint density at radius 2 is 1.95 bits per heavy atom. The number of rotatable bonds is 0. The lowest BCUT2D eigenvalue weighted by atomic mass is 10.1. The molecule has 3 aromatic rings. The van der Waals surface area contributed by atoms with E-state index in [0.717, 1.165) is 6.07 Å². The molecule has 0 atom stereocenters. The Morgan fingerprint density at radius 3 is 2.80 bits per heavy atom. The Hall–Kier alpha value is -2.87. The van der Waals surface area contributed by atoms with Gasteiger partial charge in [-0.05, 0) is 30.2 Å². The molecule has 3 rings (SSSR count). The van der Waals surface area contributed by atoms with Gasteiger partial charge in [-0.2, -0.15) is 0 Å². The van der Waals surface area contributed by atoms with Crippen LogP contribution in [0.3, 0.4) is 0 Å². The van der Waals surface area contributed by atoms with Gasteiger partial charge in [-0.25, -0.2) is 13.8 Å². The molecule has 1 aromatic carbocycles. The van der Waals surface area contributed by atoms with Crippen molar-refractivity contribution in [2.24, 2.45) is 0 Å². The van der Waals surface area contributed by atoms with Crippen LogP contribution in [0.4, 0.5) is 14.5 Å². The fraction of sp³-hybridized carbons (Fsp3) is 0. The smallest absolute Gasteiger partial charge is 0.164 e. The van der Waals surface area contributed by atoms with Gasteiger partial charge in [0.2, 0.25) is 0 Å². The van der Waals surface area contributed by atoms with Crippen LogP contribution in [0.25, 0.3) is 5.65 Å². The van der Waals surface area contributed by atoms with Crippen LogP contribution in [0.15, 0.2) is 42.7 Å². The lowest BCUT2D eigenvalue weighted by Gasteiger charge is -2.00. The molecule has 0 aliphatic rings. The second kappa shape index (κ2) is 4.67. The van der Waals surface area contributed by atoms with E-state index >= 15 is 0 Å². The number of aromatic nitrogens is 2. The Balaban J connectivity index is 2.11. The zero-order valence-corrected chi connectivity index (χ0v) is 10.3.